The molecule has 0 aliphatic rings. The molecule has 0 heterocycles. The molecule has 4 nitrogen and oxygen atoms in total. The first-order valence-electron chi connectivity index (χ1n) is 5.24. The third kappa shape index (κ3) is 3.64. The maximum absolute atomic E-state index is 11.4. The molecule has 0 spiro atoms. The average Bonchev–Trinajstić information content (AvgIpc) is 2.27. The largest absolute Gasteiger partial charge is 0.383 e. The summed E-state index contributed by atoms with van der Waals surface area (Å²) in [6.07, 6.45) is 0. The molecule has 3 N–H and O–H groups in total. The van der Waals surface area contributed by atoms with Gasteiger partial charge in [-0.3, -0.25) is 10.1 Å². The minimum Gasteiger partial charge on any atom is -0.383 e. The van der Waals surface area contributed by atoms with Gasteiger partial charge in [0.1, 0.15) is 6.04 Å². The minimum atomic E-state index is -0.466. The van der Waals surface area contributed by atoms with E-state index in [-0.39, 0.29) is 11.9 Å². The zero-order chi connectivity index (χ0) is 12.0. The number of nitrogens with two attached hydrogens (primary N) is 1. The van der Waals surface area contributed by atoms with E-state index in [9.17, 15) is 4.79 Å². The Morgan fingerprint density at radius 2 is 2.06 bits per heavy atom. The van der Waals surface area contributed by atoms with Gasteiger partial charge in [0.25, 0.3) is 0 Å². The van der Waals surface area contributed by atoms with Crippen LogP contribution in [0.4, 0.5) is 0 Å². The maximum Gasteiger partial charge on any atom is 0.239 e. The fourth-order valence-electron chi connectivity index (χ4n) is 1.57. The lowest BCUT2D eigenvalue weighted by Crippen LogP contribution is -2.40. The van der Waals surface area contributed by atoms with E-state index >= 15 is 0 Å². The van der Waals surface area contributed by atoms with E-state index in [1.54, 1.807) is 7.11 Å². The van der Waals surface area contributed by atoms with E-state index in [4.69, 9.17) is 10.5 Å². The van der Waals surface area contributed by atoms with Crippen LogP contribution in [0.25, 0.3) is 0 Å². The summed E-state index contributed by atoms with van der Waals surface area (Å²) in [6, 6.07) is 9.03. The van der Waals surface area contributed by atoms with Crippen LogP contribution in [0.1, 0.15) is 18.5 Å². The van der Waals surface area contributed by atoms with Crippen molar-refractivity contribution < 1.29 is 9.53 Å². The second kappa shape index (κ2) is 6.25. The van der Waals surface area contributed by atoms with E-state index in [1.807, 2.05) is 37.3 Å². The van der Waals surface area contributed by atoms with Crippen LogP contribution in [0.2, 0.25) is 0 Å². The van der Waals surface area contributed by atoms with Crippen LogP contribution in [0.5, 0.6) is 0 Å². The number of ether oxygens (including phenoxy) is 1. The summed E-state index contributed by atoms with van der Waals surface area (Å²) < 4.78 is 5.01. The highest BCUT2D eigenvalue weighted by atomic mass is 16.5. The normalized spacial score (nSPS) is 14.4. The smallest absolute Gasteiger partial charge is 0.239 e. The molecule has 0 saturated carbocycles. The Labute approximate surface area is 95.8 Å². The lowest BCUT2D eigenvalue weighted by Gasteiger charge is -2.20. The molecule has 1 amide bonds. The third-order valence-electron chi connectivity index (χ3n) is 2.29. The topological polar surface area (TPSA) is 64.3 Å². The lowest BCUT2D eigenvalue weighted by atomic mass is 10.1. The van der Waals surface area contributed by atoms with Crippen LogP contribution >= 0.6 is 0 Å². The zero-order valence-corrected chi connectivity index (χ0v) is 9.64. The first-order valence-corrected chi connectivity index (χ1v) is 5.24. The number of hydrogen-bond acceptors (Lipinski definition) is 3. The highest BCUT2D eigenvalue weighted by Gasteiger charge is 2.19. The Morgan fingerprint density at radius 3 is 2.56 bits per heavy atom. The standard InChI is InChI=1S/C12H18N2O2/c1-9(8-16-2)14-11(12(13)15)10-6-4-3-5-7-10/h3-7,9,11,14H,8H2,1-2H3,(H2,13,15)/t9-,11-/m0/s1. The number of rotatable bonds is 6. The molecule has 0 aromatic heterocycles. The van der Waals surface area contributed by atoms with Crippen molar-refractivity contribution in [3.05, 3.63) is 35.9 Å². The molecule has 0 unspecified atom stereocenters. The SMILES string of the molecule is COC[C@H](C)N[C@H](C(N)=O)c1ccccc1. The predicted molar refractivity (Wildman–Crippen MR) is 62.9 cm³/mol. The van der Waals surface area contributed by atoms with Crippen molar-refractivity contribution in [2.75, 3.05) is 13.7 Å². The summed E-state index contributed by atoms with van der Waals surface area (Å²) in [6.45, 7) is 2.49. The Bertz CT molecular complexity index is 327. The molecule has 0 fully saturated rings. The summed E-state index contributed by atoms with van der Waals surface area (Å²) in [4.78, 5) is 11.4. The highest BCUT2D eigenvalue weighted by Crippen LogP contribution is 2.12. The lowest BCUT2D eigenvalue weighted by molar-refractivity contribution is -0.120. The minimum absolute atomic E-state index is 0.0720. The Morgan fingerprint density at radius 1 is 1.44 bits per heavy atom. The van der Waals surface area contributed by atoms with Crippen LogP contribution in [-0.4, -0.2) is 25.7 Å². The molecule has 16 heavy (non-hydrogen) atoms. The summed E-state index contributed by atoms with van der Waals surface area (Å²) in [5.41, 5.74) is 6.24. The van der Waals surface area contributed by atoms with Crippen molar-refractivity contribution in [3.8, 4) is 0 Å². The maximum atomic E-state index is 11.4. The molecule has 0 radical (unpaired) electrons. The number of primary amides is 1. The second-order valence-electron chi connectivity index (χ2n) is 3.77. The van der Waals surface area contributed by atoms with Crippen molar-refractivity contribution in [1.29, 1.82) is 0 Å². The predicted octanol–water partition coefficient (Wildman–Crippen LogP) is 0.838. The van der Waals surface area contributed by atoms with E-state index in [2.05, 4.69) is 5.32 Å². The fraction of sp³-hybridized carbons (Fsp3) is 0.417. The number of amides is 1. The number of nitrogens with one attached hydrogen (secondary N) is 1. The molecule has 0 saturated heterocycles. The van der Waals surface area contributed by atoms with Crippen molar-refractivity contribution in [2.45, 2.75) is 19.0 Å². The molecule has 88 valence electrons. The monoisotopic (exact) mass is 222 g/mol. The van der Waals surface area contributed by atoms with Crippen LogP contribution in [0.3, 0.4) is 0 Å². The van der Waals surface area contributed by atoms with Crippen LogP contribution in [-0.2, 0) is 9.53 Å². The molecular weight excluding hydrogens is 204 g/mol. The Hall–Kier alpha value is -1.39. The molecule has 1 aromatic carbocycles. The third-order valence-corrected chi connectivity index (χ3v) is 2.29. The van der Waals surface area contributed by atoms with Crippen LogP contribution in [0, 0.1) is 0 Å². The van der Waals surface area contributed by atoms with Gasteiger partial charge in [-0.05, 0) is 12.5 Å². The molecule has 0 bridgehead atoms. The number of carbonyl (C=O) groups is 1. The van der Waals surface area contributed by atoms with Gasteiger partial charge >= 0.3 is 0 Å². The highest BCUT2D eigenvalue weighted by molar-refractivity contribution is 5.81. The van der Waals surface area contributed by atoms with Crippen molar-refractivity contribution in [2.24, 2.45) is 5.73 Å². The number of methoxy groups -OCH3 is 1. The number of benzene rings is 1. The fourth-order valence-corrected chi connectivity index (χ4v) is 1.57. The van der Waals surface area contributed by atoms with Crippen LogP contribution in [0.15, 0.2) is 30.3 Å². The van der Waals surface area contributed by atoms with Crippen LogP contribution < -0.4 is 11.1 Å². The molecule has 2 atom stereocenters. The van der Waals surface area contributed by atoms with Crippen molar-refractivity contribution >= 4 is 5.91 Å². The van der Waals surface area contributed by atoms with Gasteiger partial charge in [-0.1, -0.05) is 30.3 Å². The molecule has 4 heteroatoms. The molecular formula is C12H18N2O2. The van der Waals surface area contributed by atoms with Gasteiger partial charge in [-0.2, -0.15) is 0 Å². The quantitative estimate of drug-likeness (QED) is 0.749. The molecule has 0 aliphatic heterocycles. The van der Waals surface area contributed by atoms with E-state index < -0.39 is 6.04 Å². The summed E-state index contributed by atoms with van der Waals surface area (Å²) in [7, 11) is 1.62. The van der Waals surface area contributed by atoms with Gasteiger partial charge in [-0.25, -0.2) is 0 Å². The summed E-state index contributed by atoms with van der Waals surface area (Å²) in [5, 5.41) is 3.13. The van der Waals surface area contributed by atoms with Gasteiger partial charge in [0.05, 0.1) is 6.61 Å². The van der Waals surface area contributed by atoms with E-state index in [0.29, 0.717) is 6.61 Å². The zero-order valence-electron chi connectivity index (χ0n) is 9.64. The van der Waals surface area contributed by atoms with Gasteiger partial charge in [0.2, 0.25) is 5.91 Å². The van der Waals surface area contributed by atoms with Crippen molar-refractivity contribution in [1.82, 2.24) is 5.32 Å². The summed E-state index contributed by atoms with van der Waals surface area (Å²) in [5.74, 6) is -0.380. The first kappa shape index (κ1) is 12.7. The summed E-state index contributed by atoms with van der Waals surface area (Å²) >= 11 is 0. The Balaban J connectivity index is 2.73. The Kier molecular flexibility index (Phi) is 4.95. The number of hydrogen-bond donors (Lipinski definition) is 2. The average molecular weight is 222 g/mol. The van der Waals surface area contributed by atoms with Gasteiger partial charge in [0, 0.05) is 13.2 Å². The van der Waals surface area contributed by atoms with Gasteiger partial charge in [-0.15, -0.1) is 0 Å². The van der Waals surface area contributed by atoms with Crippen molar-refractivity contribution in [3.63, 3.8) is 0 Å². The molecule has 0 aliphatic carbocycles. The number of carbonyl (C=O) groups excluding carboxylic acids is 1. The molecule has 1 rings (SSSR count). The van der Waals surface area contributed by atoms with E-state index in [1.165, 1.54) is 0 Å². The molecule has 1 aromatic rings. The second-order valence-corrected chi connectivity index (χ2v) is 3.77. The van der Waals surface area contributed by atoms with Gasteiger partial charge < -0.3 is 10.5 Å². The van der Waals surface area contributed by atoms with E-state index in [0.717, 1.165) is 5.56 Å². The first-order chi connectivity index (χ1) is 7.65. The van der Waals surface area contributed by atoms with Gasteiger partial charge in [0.15, 0.2) is 0 Å².